The van der Waals surface area contributed by atoms with Crippen LogP contribution in [0.2, 0.25) is 0 Å². The number of carbonyl (C=O) groups is 2. The zero-order valence-electron chi connectivity index (χ0n) is 14.2. The largest absolute Gasteiger partial charge is 0.496 e. The van der Waals surface area contributed by atoms with Gasteiger partial charge in [0.05, 0.1) is 23.3 Å². The molecule has 3 rings (SSSR count). The van der Waals surface area contributed by atoms with Crippen LogP contribution < -0.4 is 4.74 Å². The number of thioether (sulfide) groups is 1. The van der Waals surface area contributed by atoms with Crippen LogP contribution in [0.4, 0.5) is 5.69 Å². The number of aliphatic imine (C=N–C) groups is 1. The molecule has 132 valence electrons. The lowest BCUT2D eigenvalue weighted by molar-refractivity contribution is -0.121. The molecule has 7 heteroatoms. The smallest absolute Gasteiger partial charge is 0.335 e. The number of nitrogens with zero attached hydrogens (tertiary/aromatic N) is 2. The van der Waals surface area contributed by atoms with Crippen molar-refractivity contribution in [2.75, 3.05) is 14.2 Å². The van der Waals surface area contributed by atoms with Gasteiger partial charge >= 0.3 is 5.97 Å². The van der Waals surface area contributed by atoms with Crippen molar-refractivity contribution in [1.29, 1.82) is 0 Å². The predicted octanol–water partition coefficient (Wildman–Crippen LogP) is 3.63. The van der Waals surface area contributed by atoms with Gasteiger partial charge in [-0.2, -0.15) is 0 Å². The highest BCUT2D eigenvalue weighted by Gasteiger charge is 2.30. The molecule has 1 heterocycles. The Morgan fingerprint density at radius 1 is 1.23 bits per heavy atom. The maximum atomic E-state index is 12.5. The second-order valence-electron chi connectivity index (χ2n) is 5.47. The maximum absolute atomic E-state index is 12.5. The monoisotopic (exact) mass is 368 g/mol. The number of carboxylic acid groups (broad SMARTS) is 1. The number of benzene rings is 2. The maximum Gasteiger partial charge on any atom is 0.335 e. The number of carbonyl (C=O) groups excluding carboxylic acids is 1. The fraction of sp³-hybridized carbons (Fsp3) is 0.105. The summed E-state index contributed by atoms with van der Waals surface area (Å²) in [5.41, 5.74) is 1.42. The molecule has 0 aliphatic carbocycles. The topological polar surface area (TPSA) is 79.2 Å². The van der Waals surface area contributed by atoms with Gasteiger partial charge in [-0.1, -0.05) is 24.3 Å². The van der Waals surface area contributed by atoms with E-state index in [2.05, 4.69) is 4.99 Å². The first-order valence-corrected chi connectivity index (χ1v) is 8.54. The molecule has 1 amide bonds. The van der Waals surface area contributed by atoms with E-state index in [9.17, 15) is 9.59 Å². The molecule has 0 radical (unpaired) electrons. The summed E-state index contributed by atoms with van der Waals surface area (Å²) in [6, 6.07) is 13.7. The summed E-state index contributed by atoms with van der Waals surface area (Å²) in [7, 11) is 3.22. The molecule has 26 heavy (non-hydrogen) atoms. The Morgan fingerprint density at radius 3 is 2.73 bits per heavy atom. The van der Waals surface area contributed by atoms with Crippen LogP contribution >= 0.6 is 11.8 Å². The van der Waals surface area contributed by atoms with Crippen LogP contribution in [-0.4, -0.2) is 41.2 Å². The van der Waals surface area contributed by atoms with Crippen molar-refractivity contribution in [3.8, 4) is 5.75 Å². The van der Waals surface area contributed by atoms with Crippen molar-refractivity contribution in [1.82, 2.24) is 4.90 Å². The summed E-state index contributed by atoms with van der Waals surface area (Å²) < 4.78 is 5.31. The molecule has 0 aromatic heterocycles. The Kier molecular flexibility index (Phi) is 5.09. The summed E-state index contributed by atoms with van der Waals surface area (Å²) >= 11 is 1.23. The molecule has 2 aromatic carbocycles. The highest BCUT2D eigenvalue weighted by Crippen LogP contribution is 2.34. The highest BCUT2D eigenvalue weighted by atomic mass is 32.2. The van der Waals surface area contributed by atoms with E-state index in [-0.39, 0.29) is 11.5 Å². The van der Waals surface area contributed by atoms with Gasteiger partial charge in [-0.15, -0.1) is 0 Å². The molecular formula is C19H16N2O4S. The molecule has 1 aliphatic heterocycles. The number of amides is 1. The molecule has 1 N–H and O–H groups in total. The SMILES string of the molecule is COc1ccccc1/C=C1/SC(=Nc2cccc(C(=O)O)c2)N(C)C1=O. The van der Waals surface area contributed by atoms with Crippen molar-refractivity contribution in [2.24, 2.45) is 4.99 Å². The van der Waals surface area contributed by atoms with Crippen LogP contribution in [-0.2, 0) is 4.79 Å². The van der Waals surface area contributed by atoms with Gasteiger partial charge in [0.25, 0.3) is 5.91 Å². The molecule has 6 nitrogen and oxygen atoms in total. The number of hydrogen-bond acceptors (Lipinski definition) is 5. The van der Waals surface area contributed by atoms with Crippen LogP contribution in [0.15, 0.2) is 58.4 Å². The fourth-order valence-corrected chi connectivity index (χ4v) is 3.38. The molecular weight excluding hydrogens is 352 g/mol. The normalized spacial score (nSPS) is 17.2. The van der Waals surface area contributed by atoms with E-state index in [1.165, 1.54) is 28.8 Å². The number of carboxylic acids is 1. The summed E-state index contributed by atoms with van der Waals surface area (Å²) in [5.74, 6) is -0.517. The van der Waals surface area contributed by atoms with E-state index >= 15 is 0 Å². The molecule has 2 aromatic rings. The lowest BCUT2D eigenvalue weighted by Gasteiger charge is -2.07. The molecule has 1 fully saturated rings. The number of hydrogen-bond donors (Lipinski definition) is 1. The van der Waals surface area contributed by atoms with Crippen LogP contribution in [0.5, 0.6) is 5.75 Å². The molecule has 0 saturated carbocycles. The van der Waals surface area contributed by atoms with Crippen LogP contribution in [0.3, 0.4) is 0 Å². The molecule has 0 atom stereocenters. The third kappa shape index (κ3) is 3.62. The average Bonchev–Trinajstić information content (AvgIpc) is 2.90. The van der Waals surface area contributed by atoms with Crippen molar-refractivity contribution in [2.45, 2.75) is 0 Å². The zero-order valence-corrected chi connectivity index (χ0v) is 15.0. The van der Waals surface area contributed by atoms with Gasteiger partial charge in [0, 0.05) is 12.6 Å². The third-order valence-corrected chi connectivity index (χ3v) is 4.81. The Balaban J connectivity index is 1.93. The van der Waals surface area contributed by atoms with E-state index in [4.69, 9.17) is 9.84 Å². The highest BCUT2D eigenvalue weighted by molar-refractivity contribution is 8.18. The lowest BCUT2D eigenvalue weighted by Crippen LogP contribution is -2.23. The van der Waals surface area contributed by atoms with Gasteiger partial charge < -0.3 is 9.84 Å². The average molecular weight is 368 g/mol. The Bertz CT molecular complexity index is 937. The summed E-state index contributed by atoms with van der Waals surface area (Å²) in [6.07, 6.45) is 1.76. The quantitative estimate of drug-likeness (QED) is 0.834. The number of methoxy groups -OCH3 is 1. The standard InChI is InChI=1S/C19H16N2O4S/c1-21-17(22)16(11-12-6-3-4-9-15(12)25-2)26-19(21)20-14-8-5-7-13(10-14)18(23)24/h3-11H,1-2H3,(H,23,24)/b16-11+,20-19?. The number of rotatable bonds is 4. The molecule has 1 aliphatic rings. The van der Waals surface area contributed by atoms with Crippen LogP contribution in [0, 0.1) is 0 Å². The Morgan fingerprint density at radius 2 is 2.00 bits per heavy atom. The third-order valence-electron chi connectivity index (χ3n) is 3.75. The minimum absolute atomic E-state index is 0.147. The van der Waals surface area contributed by atoms with Gasteiger partial charge in [-0.25, -0.2) is 9.79 Å². The van der Waals surface area contributed by atoms with Crippen molar-refractivity contribution >= 4 is 40.6 Å². The van der Waals surface area contributed by atoms with E-state index < -0.39 is 5.97 Å². The number of aromatic carboxylic acids is 1. The van der Waals surface area contributed by atoms with E-state index in [1.807, 2.05) is 24.3 Å². The molecule has 1 saturated heterocycles. The van der Waals surface area contributed by atoms with Crippen LogP contribution in [0.1, 0.15) is 15.9 Å². The molecule has 0 unspecified atom stereocenters. The van der Waals surface area contributed by atoms with Crippen molar-refractivity contribution < 1.29 is 19.4 Å². The first-order chi connectivity index (χ1) is 12.5. The van der Waals surface area contributed by atoms with Crippen LogP contribution in [0.25, 0.3) is 6.08 Å². The number of likely N-dealkylation sites (N-methyl/N-ethyl adjacent to an activating group) is 1. The van der Waals surface area contributed by atoms with Crippen molar-refractivity contribution in [3.63, 3.8) is 0 Å². The zero-order chi connectivity index (χ0) is 18.7. The predicted molar refractivity (Wildman–Crippen MR) is 102 cm³/mol. The number of para-hydroxylation sites is 1. The molecule has 0 spiro atoms. The second-order valence-corrected chi connectivity index (χ2v) is 6.48. The summed E-state index contributed by atoms with van der Waals surface area (Å²) in [5, 5.41) is 9.57. The second kappa shape index (κ2) is 7.45. The van der Waals surface area contributed by atoms with Crippen molar-refractivity contribution in [3.05, 3.63) is 64.6 Å². The summed E-state index contributed by atoms with van der Waals surface area (Å²) in [4.78, 5) is 30.0. The van der Waals surface area contributed by atoms with Gasteiger partial charge in [-0.3, -0.25) is 9.69 Å². The number of amidine groups is 1. The van der Waals surface area contributed by atoms with E-state index in [1.54, 1.807) is 32.4 Å². The van der Waals surface area contributed by atoms with Gasteiger partial charge in [0.1, 0.15) is 5.75 Å². The van der Waals surface area contributed by atoms with E-state index in [0.717, 1.165) is 5.56 Å². The minimum Gasteiger partial charge on any atom is -0.496 e. The first-order valence-electron chi connectivity index (χ1n) is 7.72. The fourth-order valence-electron chi connectivity index (χ4n) is 2.40. The lowest BCUT2D eigenvalue weighted by atomic mass is 10.2. The van der Waals surface area contributed by atoms with Gasteiger partial charge in [-0.05, 0) is 42.1 Å². The Hall–Kier alpha value is -3.06. The van der Waals surface area contributed by atoms with Gasteiger partial charge in [0.15, 0.2) is 5.17 Å². The minimum atomic E-state index is -1.02. The molecule has 0 bridgehead atoms. The number of ether oxygens (including phenoxy) is 1. The first kappa shape index (κ1) is 17.8. The Labute approximate surface area is 154 Å². The summed E-state index contributed by atoms with van der Waals surface area (Å²) in [6.45, 7) is 0. The van der Waals surface area contributed by atoms with Gasteiger partial charge in [0.2, 0.25) is 0 Å². The van der Waals surface area contributed by atoms with E-state index in [0.29, 0.717) is 21.5 Å².